The molecule has 5 heteroatoms. The highest BCUT2D eigenvalue weighted by molar-refractivity contribution is 6.30. The van der Waals surface area contributed by atoms with Crippen LogP contribution in [-0.2, 0) is 11.3 Å². The number of halogens is 1. The minimum Gasteiger partial charge on any atom is -0.368 e. The molecule has 0 aliphatic carbocycles. The zero-order chi connectivity index (χ0) is 15.3. The summed E-state index contributed by atoms with van der Waals surface area (Å²) >= 11 is 6.08. The zero-order valence-corrected chi connectivity index (χ0v) is 13.4. The van der Waals surface area contributed by atoms with Gasteiger partial charge in [-0.3, -0.25) is 4.79 Å². The number of anilines is 1. The Balaban J connectivity index is 3.02. The summed E-state index contributed by atoms with van der Waals surface area (Å²) in [6, 6.07) is 5.70. The van der Waals surface area contributed by atoms with Gasteiger partial charge in [0.1, 0.15) is 0 Å². The topological polar surface area (TPSA) is 58.4 Å². The fourth-order valence-corrected chi connectivity index (χ4v) is 2.11. The second-order valence-corrected chi connectivity index (χ2v) is 6.29. The molecule has 112 valence electrons. The third-order valence-corrected chi connectivity index (χ3v) is 3.15. The molecule has 0 spiro atoms. The monoisotopic (exact) mass is 297 g/mol. The highest BCUT2D eigenvalue weighted by Crippen LogP contribution is 2.24. The molecule has 3 N–H and O–H groups in total. The number of hydrogen-bond donors (Lipinski definition) is 2. The first kappa shape index (κ1) is 16.8. The summed E-state index contributed by atoms with van der Waals surface area (Å²) in [7, 11) is 0. The van der Waals surface area contributed by atoms with Gasteiger partial charge >= 0.3 is 0 Å². The van der Waals surface area contributed by atoms with Gasteiger partial charge in [0.05, 0.1) is 6.54 Å². The third kappa shape index (κ3) is 5.39. The van der Waals surface area contributed by atoms with Crippen molar-refractivity contribution >= 4 is 23.2 Å². The maximum Gasteiger partial charge on any atom is 0.236 e. The van der Waals surface area contributed by atoms with Crippen LogP contribution < -0.4 is 16.0 Å². The Bertz CT molecular complexity index is 469. The van der Waals surface area contributed by atoms with E-state index in [0.29, 0.717) is 18.1 Å². The molecule has 0 heterocycles. The van der Waals surface area contributed by atoms with Gasteiger partial charge in [-0.15, -0.1) is 0 Å². The minimum atomic E-state index is -0.337. The molecule has 0 unspecified atom stereocenters. The van der Waals surface area contributed by atoms with Crippen molar-refractivity contribution < 1.29 is 4.79 Å². The molecule has 1 amide bonds. The van der Waals surface area contributed by atoms with Gasteiger partial charge in [0, 0.05) is 29.3 Å². The summed E-state index contributed by atoms with van der Waals surface area (Å²) in [5, 5.41) is 4.13. The molecular weight excluding hydrogens is 274 g/mol. The van der Waals surface area contributed by atoms with Gasteiger partial charge in [0.15, 0.2) is 0 Å². The first-order valence-electron chi connectivity index (χ1n) is 6.79. The SMILES string of the molecule is CCN(CC(N)=O)c1ccc(Cl)cc1CNC(C)(C)C. The number of primary amides is 1. The first-order valence-corrected chi connectivity index (χ1v) is 7.17. The van der Waals surface area contributed by atoms with Gasteiger partial charge in [0.25, 0.3) is 0 Å². The molecule has 0 fully saturated rings. The van der Waals surface area contributed by atoms with Crippen LogP contribution in [0.4, 0.5) is 5.69 Å². The lowest BCUT2D eigenvalue weighted by molar-refractivity contribution is -0.116. The summed E-state index contributed by atoms with van der Waals surface area (Å²) in [6.45, 7) is 9.94. The lowest BCUT2D eigenvalue weighted by Crippen LogP contribution is -2.37. The van der Waals surface area contributed by atoms with Crippen molar-refractivity contribution in [1.82, 2.24) is 5.32 Å². The summed E-state index contributed by atoms with van der Waals surface area (Å²) < 4.78 is 0. The van der Waals surface area contributed by atoms with Crippen molar-refractivity contribution in [3.8, 4) is 0 Å². The van der Waals surface area contributed by atoms with Gasteiger partial charge < -0.3 is 16.0 Å². The normalized spacial score (nSPS) is 11.4. The van der Waals surface area contributed by atoms with Crippen LogP contribution in [0.25, 0.3) is 0 Å². The second-order valence-electron chi connectivity index (χ2n) is 5.86. The maximum atomic E-state index is 11.2. The average Bonchev–Trinajstić information content (AvgIpc) is 2.33. The van der Waals surface area contributed by atoms with E-state index >= 15 is 0 Å². The summed E-state index contributed by atoms with van der Waals surface area (Å²) in [4.78, 5) is 13.1. The number of benzene rings is 1. The lowest BCUT2D eigenvalue weighted by atomic mass is 10.1. The molecule has 0 aromatic heterocycles. The molecule has 0 radical (unpaired) electrons. The lowest BCUT2D eigenvalue weighted by Gasteiger charge is -2.27. The fourth-order valence-electron chi connectivity index (χ4n) is 1.92. The fraction of sp³-hybridized carbons (Fsp3) is 0.533. The van der Waals surface area contributed by atoms with Crippen molar-refractivity contribution in [3.63, 3.8) is 0 Å². The minimum absolute atomic E-state index is 0.0142. The van der Waals surface area contributed by atoms with E-state index in [1.54, 1.807) is 0 Å². The van der Waals surface area contributed by atoms with E-state index in [-0.39, 0.29) is 18.0 Å². The Labute approximate surface area is 126 Å². The van der Waals surface area contributed by atoms with Crippen LogP contribution in [0.5, 0.6) is 0 Å². The predicted octanol–water partition coefficient (Wildman–Crippen LogP) is 2.54. The van der Waals surface area contributed by atoms with Crippen LogP contribution in [0.1, 0.15) is 33.3 Å². The summed E-state index contributed by atoms with van der Waals surface area (Å²) in [5.74, 6) is -0.337. The highest BCUT2D eigenvalue weighted by atomic mass is 35.5. The number of rotatable bonds is 6. The van der Waals surface area contributed by atoms with Crippen LogP contribution in [0.3, 0.4) is 0 Å². The molecule has 1 rings (SSSR count). The van der Waals surface area contributed by atoms with Gasteiger partial charge in [-0.2, -0.15) is 0 Å². The number of carbonyl (C=O) groups excluding carboxylic acids is 1. The second kappa shape index (κ2) is 6.95. The van der Waals surface area contributed by atoms with Gasteiger partial charge in [0.2, 0.25) is 5.91 Å². The predicted molar refractivity (Wildman–Crippen MR) is 85.1 cm³/mol. The van der Waals surface area contributed by atoms with Crippen molar-refractivity contribution in [2.24, 2.45) is 5.73 Å². The molecule has 20 heavy (non-hydrogen) atoms. The molecule has 0 saturated heterocycles. The summed E-state index contributed by atoms with van der Waals surface area (Å²) in [5.41, 5.74) is 7.38. The molecule has 0 atom stereocenters. The van der Waals surface area contributed by atoms with Crippen LogP contribution in [0, 0.1) is 0 Å². The number of nitrogens with one attached hydrogen (secondary N) is 1. The van der Waals surface area contributed by atoms with Crippen molar-refractivity contribution in [3.05, 3.63) is 28.8 Å². The van der Waals surface area contributed by atoms with Crippen LogP contribution in [-0.4, -0.2) is 24.5 Å². The first-order chi connectivity index (χ1) is 9.23. The third-order valence-electron chi connectivity index (χ3n) is 2.92. The number of likely N-dealkylation sites (N-methyl/N-ethyl adjacent to an activating group) is 1. The number of hydrogen-bond acceptors (Lipinski definition) is 3. The number of amides is 1. The van der Waals surface area contributed by atoms with E-state index in [4.69, 9.17) is 17.3 Å². The van der Waals surface area contributed by atoms with E-state index in [9.17, 15) is 4.79 Å². The van der Waals surface area contributed by atoms with Crippen LogP contribution >= 0.6 is 11.6 Å². The van der Waals surface area contributed by atoms with E-state index < -0.39 is 0 Å². The number of carbonyl (C=O) groups is 1. The Morgan fingerprint density at radius 3 is 2.55 bits per heavy atom. The molecule has 0 aliphatic heterocycles. The molecule has 4 nitrogen and oxygen atoms in total. The Hall–Kier alpha value is -1.26. The van der Waals surface area contributed by atoms with Crippen molar-refractivity contribution in [2.75, 3.05) is 18.0 Å². The van der Waals surface area contributed by atoms with Crippen LogP contribution in [0.15, 0.2) is 18.2 Å². The summed E-state index contributed by atoms with van der Waals surface area (Å²) in [6.07, 6.45) is 0. The smallest absolute Gasteiger partial charge is 0.236 e. The number of nitrogens with two attached hydrogens (primary N) is 1. The average molecular weight is 298 g/mol. The molecule has 0 bridgehead atoms. The van der Waals surface area contributed by atoms with E-state index in [1.807, 2.05) is 30.0 Å². The highest BCUT2D eigenvalue weighted by Gasteiger charge is 2.15. The Morgan fingerprint density at radius 2 is 2.05 bits per heavy atom. The van der Waals surface area contributed by atoms with E-state index in [1.165, 1.54) is 0 Å². The van der Waals surface area contributed by atoms with E-state index in [0.717, 1.165) is 11.3 Å². The maximum absolute atomic E-state index is 11.2. The molecule has 1 aromatic rings. The largest absolute Gasteiger partial charge is 0.368 e. The van der Waals surface area contributed by atoms with E-state index in [2.05, 4.69) is 26.1 Å². The van der Waals surface area contributed by atoms with Crippen molar-refractivity contribution in [1.29, 1.82) is 0 Å². The molecule has 1 aromatic carbocycles. The standard InChI is InChI=1S/C15H24ClN3O/c1-5-19(10-14(17)20)13-7-6-12(16)8-11(13)9-18-15(2,3)4/h6-8,18H,5,9-10H2,1-4H3,(H2,17,20). The van der Waals surface area contributed by atoms with Gasteiger partial charge in [-0.1, -0.05) is 11.6 Å². The van der Waals surface area contributed by atoms with Gasteiger partial charge in [-0.25, -0.2) is 0 Å². The quantitative estimate of drug-likeness (QED) is 0.848. The van der Waals surface area contributed by atoms with Gasteiger partial charge in [-0.05, 0) is 51.5 Å². The Kier molecular flexibility index (Phi) is 5.84. The van der Waals surface area contributed by atoms with Crippen LogP contribution in [0.2, 0.25) is 5.02 Å². The number of nitrogens with zero attached hydrogens (tertiary/aromatic N) is 1. The van der Waals surface area contributed by atoms with Crippen molar-refractivity contribution in [2.45, 2.75) is 39.8 Å². The zero-order valence-electron chi connectivity index (χ0n) is 12.7. The molecule has 0 aliphatic rings. The molecule has 0 saturated carbocycles. The Morgan fingerprint density at radius 1 is 1.40 bits per heavy atom. The molecular formula is C15H24ClN3O.